The highest BCUT2D eigenvalue weighted by Crippen LogP contribution is 2.32. The summed E-state index contributed by atoms with van der Waals surface area (Å²) in [4.78, 5) is 2.49. The SMILES string of the molecule is CC1CC(CN)CN1Cc1cc(Cl)ccc1OCC1CC1.Cl. The zero-order valence-electron chi connectivity index (χ0n) is 13.1. The largest absolute Gasteiger partial charge is 0.493 e. The van der Waals surface area contributed by atoms with Gasteiger partial charge in [0.1, 0.15) is 5.75 Å². The molecule has 5 heteroatoms. The van der Waals surface area contributed by atoms with E-state index in [0.717, 1.165) is 42.9 Å². The smallest absolute Gasteiger partial charge is 0.123 e. The van der Waals surface area contributed by atoms with Crippen LogP contribution in [-0.2, 0) is 6.54 Å². The Hall–Kier alpha value is -0.480. The van der Waals surface area contributed by atoms with Crippen LogP contribution in [0.5, 0.6) is 5.75 Å². The van der Waals surface area contributed by atoms with Gasteiger partial charge in [0.15, 0.2) is 0 Å². The van der Waals surface area contributed by atoms with Gasteiger partial charge in [-0.15, -0.1) is 12.4 Å². The number of likely N-dealkylation sites (tertiary alicyclic amines) is 1. The molecule has 1 aromatic carbocycles. The molecule has 22 heavy (non-hydrogen) atoms. The second-order valence-corrected chi connectivity index (χ2v) is 7.06. The zero-order chi connectivity index (χ0) is 14.8. The number of rotatable bonds is 6. The lowest BCUT2D eigenvalue weighted by Crippen LogP contribution is -2.27. The van der Waals surface area contributed by atoms with Crippen LogP contribution < -0.4 is 10.5 Å². The summed E-state index contributed by atoms with van der Waals surface area (Å²) in [5.74, 6) is 2.38. The van der Waals surface area contributed by atoms with E-state index in [9.17, 15) is 0 Å². The number of hydrogen-bond donors (Lipinski definition) is 1. The van der Waals surface area contributed by atoms with Crippen molar-refractivity contribution < 1.29 is 4.74 Å². The van der Waals surface area contributed by atoms with Gasteiger partial charge in [-0.2, -0.15) is 0 Å². The molecule has 2 fully saturated rings. The lowest BCUT2D eigenvalue weighted by atomic mass is 10.1. The number of ether oxygens (including phenoxy) is 1. The van der Waals surface area contributed by atoms with Gasteiger partial charge >= 0.3 is 0 Å². The molecule has 1 aliphatic heterocycles. The number of benzene rings is 1. The summed E-state index contributed by atoms with van der Waals surface area (Å²) in [7, 11) is 0. The van der Waals surface area contributed by atoms with Crippen LogP contribution in [0.2, 0.25) is 5.02 Å². The van der Waals surface area contributed by atoms with E-state index in [1.807, 2.05) is 18.2 Å². The summed E-state index contributed by atoms with van der Waals surface area (Å²) in [6.07, 6.45) is 3.81. The fourth-order valence-electron chi connectivity index (χ4n) is 3.13. The molecule has 2 atom stereocenters. The highest BCUT2D eigenvalue weighted by molar-refractivity contribution is 6.30. The van der Waals surface area contributed by atoms with Crippen molar-refractivity contribution in [1.29, 1.82) is 0 Å². The molecule has 2 aliphatic rings. The van der Waals surface area contributed by atoms with Crippen molar-refractivity contribution in [2.75, 3.05) is 19.7 Å². The molecule has 1 saturated heterocycles. The maximum absolute atomic E-state index is 6.18. The molecule has 1 aliphatic carbocycles. The van der Waals surface area contributed by atoms with Gasteiger partial charge in [-0.3, -0.25) is 4.90 Å². The molecule has 1 saturated carbocycles. The van der Waals surface area contributed by atoms with Gasteiger partial charge in [0.05, 0.1) is 6.61 Å². The Morgan fingerprint density at radius 1 is 1.32 bits per heavy atom. The quantitative estimate of drug-likeness (QED) is 0.854. The van der Waals surface area contributed by atoms with Gasteiger partial charge < -0.3 is 10.5 Å². The molecule has 3 nitrogen and oxygen atoms in total. The van der Waals surface area contributed by atoms with E-state index < -0.39 is 0 Å². The Kier molecular flexibility index (Phi) is 6.39. The van der Waals surface area contributed by atoms with Crippen molar-refractivity contribution in [2.24, 2.45) is 17.6 Å². The monoisotopic (exact) mass is 344 g/mol. The molecule has 0 bridgehead atoms. The normalized spacial score (nSPS) is 25.0. The molecule has 2 N–H and O–H groups in total. The molecular formula is C17H26Cl2N2O. The molecule has 0 amide bonds. The van der Waals surface area contributed by atoms with E-state index in [-0.39, 0.29) is 12.4 Å². The third-order valence-corrected chi connectivity index (χ3v) is 4.93. The lowest BCUT2D eigenvalue weighted by Gasteiger charge is -2.23. The van der Waals surface area contributed by atoms with Gasteiger partial charge in [-0.1, -0.05) is 11.6 Å². The highest BCUT2D eigenvalue weighted by atomic mass is 35.5. The first kappa shape index (κ1) is 17.9. The average Bonchev–Trinajstić information content (AvgIpc) is 3.22. The third-order valence-electron chi connectivity index (χ3n) is 4.69. The number of nitrogens with two attached hydrogens (primary N) is 1. The second kappa shape index (κ2) is 7.87. The maximum atomic E-state index is 6.18. The van der Waals surface area contributed by atoms with E-state index in [0.29, 0.717) is 12.0 Å². The second-order valence-electron chi connectivity index (χ2n) is 6.62. The third kappa shape index (κ3) is 4.51. The number of nitrogens with zero attached hydrogens (tertiary/aromatic N) is 1. The zero-order valence-corrected chi connectivity index (χ0v) is 14.7. The van der Waals surface area contributed by atoms with Gasteiger partial charge in [0.2, 0.25) is 0 Å². The highest BCUT2D eigenvalue weighted by Gasteiger charge is 2.29. The van der Waals surface area contributed by atoms with Crippen LogP contribution in [0.25, 0.3) is 0 Å². The van der Waals surface area contributed by atoms with Crippen molar-refractivity contribution in [2.45, 2.75) is 38.8 Å². The van der Waals surface area contributed by atoms with Crippen LogP contribution in [0, 0.1) is 11.8 Å². The van der Waals surface area contributed by atoms with Gasteiger partial charge in [0, 0.05) is 29.7 Å². The predicted octanol–water partition coefficient (Wildman–Crippen LogP) is 3.72. The molecule has 124 valence electrons. The first-order chi connectivity index (χ1) is 10.2. The Morgan fingerprint density at radius 3 is 2.73 bits per heavy atom. The van der Waals surface area contributed by atoms with Crippen molar-refractivity contribution in [3.05, 3.63) is 28.8 Å². The standard InChI is InChI=1S/C17H25ClN2O.ClH/c1-12-6-14(8-19)9-20(12)10-15-7-16(18)4-5-17(15)21-11-13-2-3-13;/h4-5,7,12-14H,2-3,6,8-11,19H2,1H3;1H. The van der Waals surface area contributed by atoms with Crippen molar-refractivity contribution in [3.63, 3.8) is 0 Å². The first-order valence-corrected chi connectivity index (χ1v) is 8.39. The Balaban J connectivity index is 0.00000176. The minimum Gasteiger partial charge on any atom is -0.493 e. The molecule has 1 aromatic rings. The van der Waals surface area contributed by atoms with Crippen LogP contribution in [0.3, 0.4) is 0 Å². The Morgan fingerprint density at radius 2 is 2.09 bits per heavy atom. The summed E-state index contributed by atoms with van der Waals surface area (Å²) in [5.41, 5.74) is 7.02. The van der Waals surface area contributed by atoms with E-state index in [4.69, 9.17) is 22.1 Å². The Bertz CT molecular complexity index is 494. The van der Waals surface area contributed by atoms with Crippen LogP contribution in [-0.4, -0.2) is 30.6 Å². The molecule has 0 aromatic heterocycles. The van der Waals surface area contributed by atoms with Gasteiger partial charge in [-0.05, 0) is 62.8 Å². The van der Waals surface area contributed by atoms with Crippen molar-refractivity contribution >= 4 is 24.0 Å². The van der Waals surface area contributed by atoms with Crippen LogP contribution in [0.1, 0.15) is 31.7 Å². The van der Waals surface area contributed by atoms with Gasteiger partial charge in [0.25, 0.3) is 0 Å². The minimum atomic E-state index is 0. The van der Waals surface area contributed by atoms with E-state index in [2.05, 4.69) is 11.8 Å². The molecular weight excluding hydrogens is 319 g/mol. The number of hydrogen-bond acceptors (Lipinski definition) is 3. The molecule has 3 rings (SSSR count). The van der Waals surface area contributed by atoms with E-state index in [1.165, 1.54) is 24.8 Å². The fourth-order valence-corrected chi connectivity index (χ4v) is 3.33. The summed E-state index contributed by atoms with van der Waals surface area (Å²) < 4.78 is 6.00. The average molecular weight is 345 g/mol. The summed E-state index contributed by atoms with van der Waals surface area (Å²) >= 11 is 6.18. The van der Waals surface area contributed by atoms with Gasteiger partial charge in [-0.25, -0.2) is 0 Å². The van der Waals surface area contributed by atoms with Crippen LogP contribution >= 0.6 is 24.0 Å². The van der Waals surface area contributed by atoms with Crippen molar-refractivity contribution in [3.8, 4) is 5.75 Å². The van der Waals surface area contributed by atoms with Crippen LogP contribution in [0.15, 0.2) is 18.2 Å². The number of halogens is 2. The summed E-state index contributed by atoms with van der Waals surface area (Å²) in [5, 5.41) is 0.783. The lowest BCUT2D eigenvalue weighted by molar-refractivity contribution is 0.244. The van der Waals surface area contributed by atoms with E-state index >= 15 is 0 Å². The molecule has 1 heterocycles. The Labute approximate surface area is 144 Å². The van der Waals surface area contributed by atoms with E-state index in [1.54, 1.807) is 0 Å². The summed E-state index contributed by atoms with van der Waals surface area (Å²) in [6, 6.07) is 6.56. The topological polar surface area (TPSA) is 38.5 Å². The molecule has 2 unspecified atom stereocenters. The van der Waals surface area contributed by atoms with Crippen molar-refractivity contribution in [1.82, 2.24) is 4.90 Å². The first-order valence-electron chi connectivity index (χ1n) is 8.01. The molecule has 0 spiro atoms. The minimum absolute atomic E-state index is 0. The molecule has 0 radical (unpaired) electrons. The van der Waals surface area contributed by atoms with Crippen LogP contribution in [0.4, 0.5) is 0 Å². The summed E-state index contributed by atoms with van der Waals surface area (Å²) in [6.45, 7) is 5.88. The maximum Gasteiger partial charge on any atom is 0.123 e. The fraction of sp³-hybridized carbons (Fsp3) is 0.647. The predicted molar refractivity (Wildman–Crippen MR) is 94.0 cm³/mol.